The van der Waals surface area contributed by atoms with Gasteiger partial charge in [0.15, 0.2) is 5.76 Å². The first-order valence-corrected chi connectivity index (χ1v) is 10.2. The van der Waals surface area contributed by atoms with Crippen LogP contribution in [0.2, 0.25) is 0 Å². The van der Waals surface area contributed by atoms with E-state index in [9.17, 15) is 9.59 Å². The van der Waals surface area contributed by atoms with Gasteiger partial charge in [-0.05, 0) is 61.8 Å². The standard InChI is InChI=1S/C20H24N2O3S/c1-13-4-5-17-14(11-13)12-18(26-17)19(23)21-15-6-8-22(9-7-15)20(24)16-3-2-10-25-16/h2-3,10,12-13,15H,4-9,11H2,1H3,(H,21,23)/t13-/m1/s1. The van der Waals surface area contributed by atoms with E-state index in [0.29, 0.717) is 24.8 Å². The lowest BCUT2D eigenvalue weighted by Crippen LogP contribution is -2.46. The van der Waals surface area contributed by atoms with Crippen LogP contribution in [0.3, 0.4) is 0 Å². The fourth-order valence-electron chi connectivity index (χ4n) is 3.86. The summed E-state index contributed by atoms with van der Waals surface area (Å²) in [6.45, 7) is 3.56. The largest absolute Gasteiger partial charge is 0.459 e. The Kier molecular flexibility index (Phi) is 4.85. The number of rotatable bonds is 3. The second kappa shape index (κ2) is 7.27. The molecular formula is C20H24N2O3S. The molecule has 0 radical (unpaired) electrons. The van der Waals surface area contributed by atoms with E-state index in [0.717, 1.165) is 30.6 Å². The Labute approximate surface area is 157 Å². The molecule has 6 heteroatoms. The monoisotopic (exact) mass is 372 g/mol. The van der Waals surface area contributed by atoms with Crippen LogP contribution in [-0.2, 0) is 12.8 Å². The number of thiophene rings is 1. The first-order chi connectivity index (χ1) is 12.6. The molecule has 26 heavy (non-hydrogen) atoms. The van der Waals surface area contributed by atoms with Crippen molar-refractivity contribution in [1.82, 2.24) is 10.2 Å². The normalized spacial score (nSPS) is 20.7. The quantitative estimate of drug-likeness (QED) is 0.897. The molecule has 0 saturated carbocycles. The molecule has 2 aliphatic rings. The first kappa shape index (κ1) is 17.3. The van der Waals surface area contributed by atoms with Crippen LogP contribution in [0, 0.1) is 5.92 Å². The van der Waals surface area contributed by atoms with Crippen molar-refractivity contribution in [2.24, 2.45) is 5.92 Å². The van der Waals surface area contributed by atoms with Crippen molar-refractivity contribution in [3.63, 3.8) is 0 Å². The Bertz CT molecular complexity index is 788. The van der Waals surface area contributed by atoms with Crippen molar-refractivity contribution in [3.8, 4) is 0 Å². The van der Waals surface area contributed by atoms with Gasteiger partial charge in [0, 0.05) is 24.0 Å². The fourth-order valence-corrected chi connectivity index (χ4v) is 4.97. The van der Waals surface area contributed by atoms with E-state index in [4.69, 9.17) is 4.42 Å². The molecule has 0 aromatic carbocycles. The molecule has 0 bridgehead atoms. The third kappa shape index (κ3) is 3.56. The highest BCUT2D eigenvalue weighted by Crippen LogP contribution is 2.32. The minimum absolute atomic E-state index is 0.0351. The van der Waals surface area contributed by atoms with Crippen LogP contribution in [0.15, 0.2) is 28.9 Å². The molecule has 0 unspecified atom stereocenters. The summed E-state index contributed by atoms with van der Waals surface area (Å²) in [5, 5.41) is 3.16. The van der Waals surface area contributed by atoms with E-state index >= 15 is 0 Å². The van der Waals surface area contributed by atoms with Gasteiger partial charge in [-0.25, -0.2) is 0 Å². The zero-order valence-electron chi connectivity index (χ0n) is 15.0. The minimum atomic E-state index is -0.0696. The van der Waals surface area contributed by atoms with E-state index in [1.165, 1.54) is 23.1 Å². The highest BCUT2D eigenvalue weighted by Gasteiger charge is 2.27. The number of carbonyl (C=O) groups excluding carboxylic acids is 2. The summed E-state index contributed by atoms with van der Waals surface area (Å²) in [5.74, 6) is 1.06. The molecular weight excluding hydrogens is 348 g/mol. The molecule has 3 heterocycles. The van der Waals surface area contributed by atoms with Gasteiger partial charge in [0.25, 0.3) is 11.8 Å². The molecule has 1 fully saturated rings. The first-order valence-electron chi connectivity index (χ1n) is 9.35. The number of hydrogen-bond acceptors (Lipinski definition) is 4. The van der Waals surface area contributed by atoms with Crippen LogP contribution >= 0.6 is 11.3 Å². The van der Waals surface area contributed by atoms with Crippen molar-refractivity contribution < 1.29 is 14.0 Å². The number of fused-ring (bicyclic) bond motifs is 1. The SMILES string of the molecule is C[C@@H]1CCc2sc(C(=O)NC3CCN(C(=O)c4ccco4)CC3)cc2C1. The van der Waals surface area contributed by atoms with E-state index in [-0.39, 0.29) is 17.9 Å². The number of aryl methyl sites for hydroxylation is 1. The average molecular weight is 372 g/mol. The number of amides is 2. The van der Waals surface area contributed by atoms with Crippen LogP contribution in [-0.4, -0.2) is 35.8 Å². The molecule has 1 atom stereocenters. The van der Waals surface area contributed by atoms with Gasteiger partial charge in [0.05, 0.1) is 11.1 Å². The molecule has 2 amide bonds. The lowest BCUT2D eigenvalue weighted by Gasteiger charge is -2.31. The van der Waals surface area contributed by atoms with E-state index in [1.54, 1.807) is 28.4 Å². The minimum Gasteiger partial charge on any atom is -0.459 e. The third-order valence-corrected chi connectivity index (χ3v) is 6.64. The number of furan rings is 1. The number of carbonyl (C=O) groups is 2. The van der Waals surface area contributed by atoms with Gasteiger partial charge in [-0.2, -0.15) is 0 Å². The molecule has 1 aliphatic carbocycles. The highest BCUT2D eigenvalue weighted by molar-refractivity contribution is 7.14. The maximum Gasteiger partial charge on any atom is 0.289 e. The van der Waals surface area contributed by atoms with Gasteiger partial charge >= 0.3 is 0 Å². The van der Waals surface area contributed by atoms with Gasteiger partial charge < -0.3 is 14.6 Å². The van der Waals surface area contributed by atoms with E-state index < -0.39 is 0 Å². The third-order valence-electron chi connectivity index (χ3n) is 5.40. The zero-order chi connectivity index (χ0) is 18.1. The molecule has 1 saturated heterocycles. The van der Waals surface area contributed by atoms with Crippen molar-refractivity contribution in [1.29, 1.82) is 0 Å². The Morgan fingerprint density at radius 2 is 2.08 bits per heavy atom. The van der Waals surface area contributed by atoms with Crippen LogP contribution in [0.5, 0.6) is 0 Å². The van der Waals surface area contributed by atoms with Crippen LogP contribution < -0.4 is 5.32 Å². The highest BCUT2D eigenvalue weighted by atomic mass is 32.1. The van der Waals surface area contributed by atoms with E-state index in [1.807, 2.05) is 0 Å². The Morgan fingerprint density at radius 3 is 2.81 bits per heavy atom. The van der Waals surface area contributed by atoms with E-state index in [2.05, 4.69) is 18.3 Å². The molecule has 2 aromatic rings. The van der Waals surface area contributed by atoms with Crippen LogP contribution in [0.25, 0.3) is 0 Å². The van der Waals surface area contributed by atoms with Crippen LogP contribution in [0.4, 0.5) is 0 Å². The summed E-state index contributed by atoms with van der Waals surface area (Å²) in [5.41, 5.74) is 1.36. The Morgan fingerprint density at radius 1 is 1.27 bits per heavy atom. The van der Waals surface area contributed by atoms with Crippen LogP contribution in [0.1, 0.15) is 56.9 Å². The number of nitrogens with one attached hydrogen (secondary N) is 1. The molecule has 1 N–H and O–H groups in total. The summed E-state index contributed by atoms with van der Waals surface area (Å²) in [7, 11) is 0. The number of likely N-dealkylation sites (tertiary alicyclic amines) is 1. The fraction of sp³-hybridized carbons (Fsp3) is 0.500. The maximum absolute atomic E-state index is 12.6. The van der Waals surface area contributed by atoms with Crippen molar-refractivity contribution in [2.45, 2.75) is 45.1 Å². The topological polar surface area (TPSA) is 62.6 Å². The molecule has 0 spiro atoms. The smallest absolute Gasteiger partial charge is 0.289 e. The predicted octanol–water partition coefficient (Wildman–Crippen LogP) is 3.50. The second-order valence-corrected chi connectivity index (χ2v) is 8.56. The Balaban J connectivity index is 1.32. The predicted molar refractivity (Wildman–Crippen MR) is 101 cm³/mol. The molecule has 2 aromatic heterocycles. The second-order valence-electron chi connectivity index (χ2n) is 7.42. The molecule has 138 valence electrons. The summed E-state index contributed by atoms with van der Waals surface area (Å²) in [4.78, 5) is 28.9. The summed E-state index contributed by atoms with van der Waals surface area (Å²) >= 11 is 1.65. The molecule has 4 rings (SSSR count). The summed E-state index contributed by atoms with van der Waals surface area (Å²) in [6.07, 6.45) is 6.48. The number of hydrogen-bond donors (Lipinski definition) is 1. The van der Waals surface area contributed by atoms with Crippen molar-refractivity contribution in [3.05, 3.63) is 45.5 Å². The van der Waals surface area contributed by atoms with Gasteiger partial charge in [-0.3, -0.25) is 9.59 Å². The van der Waals surface area contributed by atoms with Crippen molar-refractivity contribution in [2.75, 3.05) is 13.1 Å². The zero-order valence-corrected chi connectivity index (χ0v) is 15.8. The lowest BCUT2D eigenvalue weighted by atomic mass is 9.90. The molecule has 5 nitrogen and oxygen atoms in total. The maximum atomic E-state index is 12.6. The van der Waals surface area contributed by atoms with Gasteiger partial charge in [0.1, 0.15) is 0 Å². The molecule has 1 aliphatic heterocycles. The Hall–Kier alpha value is -2.08. The summed E-state index contributed by atoms with van der Waals surface area (Å²) < 4.78 is 5.19. The van der Waals surface area contributed by atoms with Gasteiger partial charge in [0.2, 0.25) is 0 Å². The average Bonchev–Trinajstić information content (AvgIpc) is 3.31. The number of piperidine rings is 1. The van der Waals surface area contributed by atoms with Crippen molar-refractivity contribution >= 4 is 23.2 Å². The van der Waals surface area contributed by atoms with Gasteiger partial charge in [-0.1, -0.05) is 6.92 Å². The summed E-state index contributed by atoms with van der Waals surface area (Å²) in [6, 6.07) is 5.62. The van der Waals surface area contributed by atoms with Gasteiger partial charge in [-0.15, -0.1) is 11.3 Å². The number of nitrogens with zero attached hydrogens (tertiary/aromatic N) is 1. The lowest BCUT2D eigenvalue weighted by molar-refractivity contribution is 0.0667.